The fourth-order valence-electron chi connectivity index (χ4n) is 3.68. The van der Waals surface area contributed by atoms with Crippen LogP contribution in [0, 0.1) is 13.8 Å². The fourth-order valence-corrected chi connectivity index (χ4v) is 4.54. The van der Waals surface area contributed by atoms with Crippen molar-refractivity contribution in [3.8, 4) is 11.5 Å². The van der Waals surface area contributed by atoms with E-state index in [2.05, 4.69) is 10.3 Å². The number of carbonyl (C=O) groups is 2. The largest absolute Gasteiger partial charge is 0.461 e. The molecular weight excluding hydrogens is 412 g/mol. The van der Waals surface area contributed by atoms with Gasteiger partial charge < -0.3 is 8.83 Å². The molecule has 0 bridgehead atoms. The van der Waals surface area contributed by atoms with Gasteiger partial charge in [-0.25, -0.2) is 4.98 Å². The number of amides is 2. The van der Waals surface area contributed by atoms with Gasteiger partial charge in [0.1, 0.15) is 17.1 Å². The monoisotopic (exact) mass is 432 g/mol. The zero-order valence-electron chi connectivity index (χ0n) is 17.1. The van der Waals surface area contributed by atoms with Crippen LogP contribution in [0.25, 0.3) is 22.4 Å². The summed E-state index contributed by atoms with van der Waals surface area (Å²) < 4.78 is 11.9. The van der Waals surface area contributed by atoms with Crippen molar-refractivity contribution < 1.29 is 18.4 Å². The molecule has 31 heavy (non-hydrogen) atoms. The summed E-state index contributed by atoms with van der Waals surface area (Å²) in [6, 6.07) is 15.9. The second-order valence-electron chi connectivity index (χ2n) is 7.74. The molecule has 1 saturated heterocycles. The molecule has 7 heteroatoms. The molecule has 1 aliphatic heterocycles. The summed E-state index contributed by atoms with van der Waals surface area (Å²) in [4.78, 5) is 27.9. The molecule has 3 heterocycles. The molecule has 4 aromatic rings. The molecule has 2 aromatic heterocycles. The van der Waals surface area contributed by atoms with Crippen LogP contribution in [-0.4, -0.2) is 21.4 Å². The zero-order valence-corrected chi connectivity index (χ0v) is 17.9. The lowest BCUT2D eigenvalue weighted by Gasteiger charge is -2.04. The lowest BCUT2D eigenvalue weighted by molar-refractivity contribution is -0.118. The molecule has 0 spiro atoms. The van der Waals surface area contributed by atoms with Crippen molar-refractivity contribution in [2.75, 3.05) is 0 Å². The number of rotatable bonds is 5. The Morgan fingerprint density at radius 3 is 2.58 bits per heavy atom. The molecule has 0 radical (unpaired) electrons. The quantitative estimate of drug-likeness (QED) is 0.467. The molecule has 0 saturated carbocycles. The molecule has 5 rings (SSSR count). The first-order valence-electron chi connectivity index (χ1n) is 10.0. The van der Waals surface area contributed by atoms with Gasteiger partial charge in [-0.3, -0.25) is 14.9 Å². The summed E-state index contributed by atoms with van der Waals surface area (Å²) in [6.45, 7) is 3.95. The summed E-state index contributed by atoms with van der Waals surface area (Å²) >= 11 is 1.04. The van der Waals surface area contributed by atoms with Crippen LogP contribution in [0.3, 0.4) is 0 Å². The van der Waals surface area contributed by atoms with Crippen LogP contribution in [-0.2, 0) is 17.6 Å². The van der Waals surface area contributed by atoms with Gasteiger partial charge in [-0.05, 0) is 56.2 Å². The number of hydrogen-bond acceptors (Lipinski definition) is 6. The molecule has 1 N–H and O–H groups in total. The highest BCUT2D eigenvalue weighted by atomic mass is 32.2. The lowest BCUT2D eigenvalue weighted by atomic mass is 10.1. The Labute approximate surface area is 183 Å². The maximum atomic E-state index is 11.8. The zero-order chi connectivity index (χ0) is 21.5. The van der Waals surface area contributed by atoms with E-state index in [1.807, 2.05) is 62.4 Å². The van der Waals surface area contributed by atoms with E-state index in [0.717, 1.165) is 51.1 Å². The first-order valence-corrected chi connectivity index (χ1v) is 10.9. The van der Waals surface area contributed by atoms with E-state index in [1.165, 1.54) is 5.56 Å². The number of thioether (sulfide) groups is 1. The molecule has 1 unspecified atom stereocenters. The number of nitrogens with one attached hydrogen (secondary N) is 1. The van der Waals surface area contributed by atoms with E-state index in [4.69, 9.17) is 8.83 Å². The van der Waals surface area contributed by atoms with Gasteiger partial charge in [0.15, 0.2) is 0 Å². The smallest absolute Gasteiger partial charge is 0.286 e. The minimum atomic E-state index is -0.380. The van der Waals surface area contributed by atoms with Crippen molar-refractivity contribution in [1.29, 1.82) is 0 Å². The van der Waals surface area contributed by atoms with Crippen molar-refractivity contribution in [3.63, 3.8) is 0 Å². The van der Waals surface area contributed by atoms with Gasteiger partial charge in [-0.1, -0.05) is 35.5 Å². The number of aromatic nitrogens is 1. The molecule has 0 aliphatic carbocycles. The van der Waals surface area contributed by atoms with E-state index >= 15 is 0 Å². The van der Waals surface area contributed by atoms with Gasteiger partial charge in [0, 0.05) is 10.9 Å². The average molecular weight is 433 g/mol. The van der Waals surface area contributed by atoms with Gasteiger partial charge in [0.05, 0.1) is 17.4 Å². The van der Waals surface area contributed by atoms with Crippen LogP contribution in [0.1, 0.15) is 28.3 Å². The third-order valence-corrected chi connectivity index (χ3v) is 6.33. The molecule has 2 amide bonds. The highest BCUT2D eigenvalue weighted by molar-refractivity contribution is 8.15. The number of fused-ring (bicyclic) bond motifs is 1. The number of furan rings is 1. The van der Waals surface area contributed by atoms with Crippen LogP contribution in [0.2, 0.25) is 0 Å². The summed E-state index contributed by atoms with van der Waals surface area (Å²) in [5.74, 6) is 1.94. The van der Waals surface area contributed by atoms with Crippen LogP contribution < -0.4 is 5.32 Å². The molecule has 1 atom stereocenters. The topological polar surface area (TPSA) is 85.3 Å². The van der Waals surface area contributed by atoms with Crippen LogP contribution >= 0.6 is 11.8 Å². The van der Waals surface area contributed by atoms with Gasteiger partial charge in [-0.15, -0.1) is 0 Å². The third-order valence-electron chi connectivity index (χ3n) is 5.35. The van der Waals surface area contributed by atoms with Crippen LogP contribution in [0.5, 0.6) is 0 Å². The van der Waals surface area contributed by atoms with Gasteiger partial charge in [0.25, 0.3) is 5.24 Å². The van der Waals surface area contributed by atoms with Gasteiger partial charge >= 0.3 is 0 Å². The van der Waals surface area contributed by atoms with Crippen molar-refractivity contribution in [2.24, 2.45) is 0 Å². The fraction of sp³-hybridized carbons (Fsp3) is 0.208. The Morgan fingerprint density at radius 2 is 1.84 bits per heavy atom. The summed E-state index contributed by atoms with van der Waals surface area (Å²) in [5, 5.41) is 2.63. The van der Waals surface area contributed by atoms with Crippen molar-refractivity contribution in [2.45, 2.75) is 31.9 Å². The van der Waals surface area contributed by atoms with E-state index in [1.54, 1.807) is 0 Å². The maximum Gasteiger partial charge on any atom is 0.286 e. The number of oxazole rings is 1. The molecule has 156 valence electrons. The summed E-state index contributed by atoms with van der Waals surface area (Å²) in [5.41, 5.74) is 4.74. The molecule has 2 aromatic carbocycles. The second kappa shape index (κ2) is 7.74. The molecule has 6 nitrogen and oxygen atoms in total. The van der Waals surface area contributed by atoms with Crippen molar-refractivity contribution in [1.82, 2.24) is 10.3 Å². The van der Waals surface area contributed by atoms with Gasteiger partial charge in [0.2, 0.25) is 11.8 Å². The Bertz CT molecular complexity index is 1300. The molecular formula is C24H20N2O4S. The first-order chi connectivity index (χ1) is 14.9. The number of benzene rings is 2. The normalized spacial score (nSPS) is 16.3. The van der Waals surface area contributed by atoms with Crippen molar-refractivity contribution >= 4 is 33.9 Å². The summed E-state index contributed by atoms with van der Waals surface area (Å²) in [7, 11) is 0. The third kappa shape index (κ3) is 4.01. The Morgan fingerprint density at radius 1 is 1.03 bits per heavy atom. The Kier molecular flexibility index (Phi) is 4.90. The highest BCUT2D eigenvalue weighted by Gasteiger charge is 2.31. The lowest BCUT2D eigenvalue weighted by Crippen LogP contribution is -2.25. The predicted molar refractivity (Wildman–Crippen MR) is 119 cm³/mol. The Hall–Kier alpha value is -3.32. The minimum Gasteiger partial charge on any atom is -0.461 e. The predicted octanol–water partition coefficient (Wildman–Crippen LogP) is 5.19. The van der Waals surface area contributed by atoms with Crippen LogP contribution in [0.4, 0.5) is 4.79 Å². The van der Waals surface area contributed by atoms with Crippen molar-refractivity contribution in [3.05, 3.63) is 76.9 Å². The van der Waals surface area contributed by atoms with Gasteiger partial charge in [-0.2, -0.15) is 0 Å². The molecule has 1 fully saturated rings. The Balaban J connectivity index is 1.36. The number of nitrogens with zero attached hydrogens (tertiary/aromatic N) is 1. The highest BCUT2D eigenvalue weighted by Crippen LogP contribution is 2.28. The number of carbonyl (C=O) groups excluding carboxylic acids is 2. The van der Waals surface area contributed by atoms with Crippen LogP contribution in [0.15, 0.2) is 57.4 Å². The SMILES string of the molecule is Cc1ccc(-c2nc(Cc3cc4cc(CC5SC(=O)NC5=O)ccc4o3)c(C)o2)cc1. The standard InChI is InChI=1S/C24H20N2O4S/c1-13-3-6-16(7-4-13)23-25-19(14(2)29-23)12-18-11-17-9-15(5-8-20(17)30-18)10-21-22(27)26-24(28)31-21/h3-9,11,21H,10,12H2,1-2H3,(H,26,27,28). The first kappa shape index (κ1) is 19.6. The summed E-state index contributed by atoms with van der Waals surface area (Å²) in [6.07, 6.45) is 1.03. The number of aryl methyl sites for hydroxylation is 2. The second-order valence-corrected chi connectivity index (χ2v) is 8.91. The number of imide groups is 1. The van der Waals surface area contributed by atoms with E-state index < -0.39 is 0 Å². The minimum absolute atomic E-state index is 0.228. The molecule has 1 aliphatic rings. The van der Waals surface area contributed by atoms with E-state index in [-0.39, 0.29) is 16.4 Å². The average Bonchev–Trinajstić information content (AvgIpc) is 3.39. The van der Waals surface area contributed by atoms with E-state index in [0.29, 0.717) is 18.7 Å². The maximum absolute atomic E-state index is 11.8. The van der Waals surface area contributed by atoms with E-state index in [9.17, 15) is 9.59 Å². The number of hydrogen-bond donors (Lipinski definition) is 1.